The highest BCUT2D eigenvalue weighted by Gasteiger charge is 2.10. The largest absolute Gasteiger partial charge is 0.352 e. The molecule has 6 heteroatoms. The molecule has 3 aromatic rings. The molecule has 0 spiro atoms. The van der Waals surface area contributed by atoms with E-state index in [-0.39, 0.29) is 16.9 Å². The first-order valence-electron chi connectivity index (χ1n) is 10.2. The molecule has 0 radical (unpaired) electrons. The van der Waals surface area contributed by atoms with E-state index in [0.29, 0.717) is 23.4 Å². The summed E-state index contributed by atoms with van der Waals surface area (Å²) in [6.07, 6.45) is 1.96. The van der Waals surface area contributed by atoms with Crippen LogP contribution >= 0.6 is 12.2 Å². The number of benzene rings is 3. The van der Waals surface area contributed by atoms with Crippen molar-refractivity contribution in [3.05, 3.63) is 90.0 Å². The van der Waals surface area contributed by atoms with Crippen LogP contribution in [-0.2, 0) is 0 Å². The van der Waals surface area contributed by atoms with E-state index in [1.54, 1.807) is 36.4 Å². The Hall–Kier alpha value is -3.51. The predicted molar refractivity (Wildman–Crippen MR) is 129 cm³/mol. The van der Waals surface area contributed by atoms with Crippen LogP contribution in [-0.4, -0.2) is 23.5 Å². The molecule has 0 heterocycles. The average molecular weight is 432 g/mol. The van der Waals surface area contributed by atoms with Crippen molar-refractivity contribution in [2.45, 2.75) is 19.8 Å². The van der Waals surface area contributed by atoms with E-state index < -0.39 is 0 Å². The Labute approximate surface area is 187 Å². The first kappa shape index (κ1) is 22.2. The molecule has 0 atom stereocenters. The van der Waals surface area contributed by atoms with Crippen molar-refractivity contribution >= 4 is 34.8 Å². The van der Waals surface area contributed by atoms with Crippen molar-refractivity contribution < 1.29 is 9.59 Å². The van der Waals surface area contributed by atoms with Crippen molar-refractivity contribution in [3.8, 4) is 11.1 Å². The predicted octanol–water partition coefficient (Wildman–Crippen LogP) is 5.01. The summed E-state index contributed by atoms with van der Waals surface area (Å²) in [5.74, 6) is -0.434. The van der Waals surface area contributed by atoms with Gasteiger partial charge in [-0.2, -0.15) is 0 Å². The van der Waals surface area contributed by atoms with E-state index in [4.69, 9.17) is 12.2 Å². The molecule has 5 nitrogen and oxygen atoms in total. The molecule has 0 aliphatic carbocycles. The van der Waals surface area contributed by atoms with E-state index >= 15 is 0 Å². The number of hydrogen-bond acceptors (Lipinski definition) is 3. The lowest BCUT2D eigenvalue weighted by Gasteiger charge is -2.11. The van der Waals surface area contributed by atoms with Gasteiger partial charge in [0, 0.05) is 23.4 Å². The summed E-state index contributed by atoms with van der Waals surface area (Å²) in [5, 5.41) is 8.69. The molecule has 31 heavy (non-hydrogen) atoms. The molecule has 0 unspecified atom stereocenters. The Morgan fingerprint density at radius 1 is 0.806 bits per heavy atom. The fraction of sp³-hybridized carbons (Fsp3) is 0.160. The maximum atomic E-state index is 12.5. The van der Waals surface area contributed by atoms with Crippen LogP contribution < -0.4 is 16.0 Å². The number of thiocarbonyl (C=S) groups is 1. The highest BCUT2D eigenvalue weighted by atomic mass is 32.1. The van der Waals surface area contributed by atoms with Gasteiger partial charge in [0.2, 0.25) is 0 Å². The average Bonchev–Trinajstić information content (AvgIpc) is 2.80. The maximum Gasteiger partial charge on any atom is 0.257 e. The Morgan fingerprint density at radius 2 is 1.52 bits per heavy atom. The van der Waals surface area contributed by atoms with E-state index in [9.17, 15) is 9.59 Å². The van der Waals surface area contributed by atoms with E-state index in [0.717, 1.165) is 24.0 Å². The minimum atomic E-state index is -0.300. The fourth-order valence-electron chi connectivity index (χ4n) is 3.00. The van der Waals surface area contributed by atoms with Crippen molar-refractivity contribution in [1.82, 2.24) is 10.6 Å². The first-order valence-corrected chi connectivity index (χ1v) is 10.6. The van der Waals surface area contributed by atoms with Crippen LogP contribution in [0.4, 0.5) is 5.69 Å². The van der Waals surface area contributed by atoms with E-state index in [1.165, 1.54) is 0 Å². The normalized spacial score (nSPS) is 10.2. The summed E-state index contributed by atoms with van der Waals surface area (Å²) in [5.41, 5.74) is 3.80. The summed E-state index contributed by atoms with van der Waals surface area (Å²) >= 11 is 5.27. The third kappa shape index (κ3) is 6.49. The van der Waals surface area contributed by atoms with Crippen molar-refractivity contribution in [2.75, 3.05) is 11.9 Å². The van der Waals surface area contributed by atoms with E-state index in [2.05, 4.69) is 22.9 Å². The highest BCUT2D eigenvalue weighted by molar-refractivity contribution is 7.80. The topological polar surface area (TPSA) is 70.2 Å². The lowest BCUT2D eigenvalue weighted by molar-refractivity contribution is 0.0950. The second-order valence-electron chi connectivity index (χ2n) is 7.04. The lowest BCUT2D eigenvalue weighted by atomic mass is 10.0. The van der Waals surface area contributed by atoms with Crippen LogP contribution in [0.5, 0.6) is 0 Å². The van der Waals surface area contributed by atoms with Gasteiger partial charge in [0.05, 0.1) is 0 Å². The molecule has 0 bridgehead atoms. The second-order valence-corrected chi connectivity index (χ2v) is 7.45. The molecule has 2 amide bonds. The Balaban J connectivity index is 1.57. The van der Waals surface area contributed by atoms with Crippen LogP contribution in [0.25, 0.3) is 11.1 Å². The van der Waals surface area contributed by atoms with Gasteiger partial charge in [-0.1, -0.05) is 61.9 Å². The Kier molecular flexibility index (Phi) is 7.90. The van der Waals surface area contributed by atoms with Crippen LogP contribution in [0.1, 0.15) is 40.5 Å². The number of carbonyl (C=O) groups excluding carboxylic acids is 2. The monoisotopic (exact) mass is 431 g/mol. The summed E-state index contributed by atoms with van der Waals surface area (Å²) in [4.78, 5) is 24.7. The molecule has 0 saturated heterocycles. The lowest BCUT2D eigenvalue weighted by Crippen LogP contribution is -2.34. The number of anilines is 1. The Bertz CT molecular complexity index is 1050. The van der Waals surface area contributed by atoms with Gasteiger partial charge >= 0.3 is 0 Å². The molecule has 3 rings (SSSR count). The minimum absolute atomic E-state index is 0.134. The van der Waals surface area contributed by atoms with Crippen LogP contribution in [0.15, 0.2) is 78.9 Å². The molecule has 158 valence electrons. The van der Waals surface area contributed by atoms with Gasteiger partial charge in [-0.05, 0) is 60.1 Å². The summed E-state index contributed by atoms with van der Waals surface area (Å²) < 4.78 is 0. The smallest absolute Gasteiger partial charge is 0.257 e. The summed E-state index contributed by atoms with van der Waals surface area (Å²) in [6.45, 7) is 2.72. The minimum Gasteiger partial charge on any atom is -0.352 e. The van der Waals surface area contributed by atoms with Gasteiger partial charge in [0.15, 0.2) is 5.11 Å². The maximum absolute atomic E-state index is 12.5. The quantitative estimate of drug-likeness (QED) is 0.363. The zero-order valence-electron chi connectivity index (χ0n) is 17.4. The molecule has 3 aromatic carbocycles. The number of unbranched alkanes of at least 4 members (excludes halogenated alkanes) is 1. The van der Waals surface area contributed by atoms with Crippen LogP contribution in [0, 0.1) is 0 Å². The SMILES string of the molecule is CCCCNC(=O)c1cccc(NC(=S)NC(=O)c2ccc(-c3ccccc3)cc2)c1. The van der Waals surface area contributed by atoms with Crippen LogP contribution in [0.3, 0.4) is 0 Å². The third-order valence-electron chi connectivity index (χ3n) is 4.68. The van der Waals surface area contributed by atoms with Gasteiger partial charge in [0.1, 0.15) is 0 Å². The van der Waals surface area contributed by atoms with Gasteiger partial charge in [-0.3, -0.25) is 14.9 Å². The molecule has 0 aromatic heterocycles. The molecule has 0 aliphatic rings. The van der Waals surface area contributed by atoms with Gasteiger partial charge in [-0.25, -0.2) is 0 Å². The standard InChI is InChI=1S/C25H25N3O2S/c1-2-3-16-26-23(29)21-10-7-11-22(17-21)27-25(31)28-24(30)20-14-12-19(13-15-20)18-8-5-4-6-9-18/h4-15,17H,2-3,16H2,1H3,(H,26,29)(H2,27,28,30,31). The Morgan fingerprint density at radius 3 is 2.23 bits per heavy atom. The molecule has 3 N–H and O–H groups in total. The van der Waals surface area contributed by atoms with Gasteiger partial charge in [-0.15, -0.1) is 0 Å². The van der Waals surface area contributed by atoms with Crippen LogP contribution in [0.2, 0.25) is 0 Å². The number of rotatable bonds is 7. The summed E-state index contributed by atoms with van der Waals surface area (Å²) in [7, 11) is 0. The number of carbonyl (C=O) groups is 2. The first-order chi connectivity index (χ1) is 15.1. The zero-order chi connectivity index (χ0) is 22.1. The van der Waals surface area contributed by atoms with E-state index in [1.807, 2.05) is 42.5 Å². The molecular weight excluding hydrogens is 406 g/mol. The van der Waals surface area contributed by atoms with Gasteiger partial charge in [0.25, 0.3) is 11.8 Å². The molecular formula is C25H25N3O2S. The zero-order valence-corrected chi connectivity index (χ0v) is 18.2. The molecule has 0 saturated carbocycles. The number of nitrogens with one attached hydrogen (secondary N) is 3. The van der Waals surface area contributed by atoms with Crippen molar-refractivity contribution in [2.24, 2.45) is 0 Å². The second kappa shape index (κ2) is 11.0. The van der Waals surface area contributed by atoms with Crippen molar-refractivity contribution in [3.63, 3.8) is 0 Å². The number of amides is 2. The third-order valence-corrected chi connectivity index (χ3v) is 4.88. The fourth-order valence-corrected chi connectivity index (χ4v) is 3.21. The van der Waals surface area contributed by atoms with Crippen molar-refractivity contribution in [1.29, 1.82) is 0 Å². The summed E-state index contributed by atoms with van der Waals surface area (Å²) in [6, 6.07) is 24.3. The highest BCUT2D eigenvalue weighted by Crippen LogP contribution is 2.19. The molecule has 0 fully saturated rings. The van der Waals surface area contributed by atoms with Gasteiger partial charge < -0.3 is 10.6 Å². The molecule has 0 aliphatic heterocycles. The number of hydrogen-bond donors (Lipinski definition) is 3.